The van der Waals surface area contributed by atoms with E-state index in [1.165, 1.54) is 7.11 Å². The SMILES string of the molecule is COC(=O)C1=C(C)NC(COC(N)=O)=C(C(=O)OC(C)C)C1c1cccc2nonc12. The van der Waals surface area contributed by atoms with Gasteiger partial charge in [0.15, 0.2) is 0 Å². The number of carbonyl (C=O) groups excluding carboxylic acids is 3. The Morgan fingerprint density at radius 1 is 1.19 bits per heavy atom. The summed E-state index contributed by atoms with van der Waals surface area (Å²) >= 11 is 0. The maximum Gasteiger partial charge on any atom is 0.404 e. The molecule has 0 aliphatic carbocycles. The van der Waals surface area contributed by atoms with Crippen molar-refractivity contribution >= 4 is 29.1 Å². The monoisotopic (exact) mass is 430 g/mol. The number of esters is 2. The normalized spacial score (nSPS) is 16.4. The second-order valence-electron chi connectivity index (χ2n) is 7.02. The summed E-state index contributed by atoms with van der Waals surface area (Å²) in [6.07, 6.45) is -1.47. The van der Waals surface area contributed by atoms with Crippen LogP contribution in [-0.4, -0.2) is 48.2 Å². The molecule has 1 aromatic carbocycles. The molecular formula is C20H22N4O7. The zero-order valence-electron chi connectivity index (χ0n) is 17.4. The molecule has 1 aromatic heterocycles. The summed E-state index contributed by atoms with van der Waals surface area (Å²) in [5.41, 5.74) is 7.19. The van der Waals surface area contributed by atoms with Gasteiger partial charge in [-0.05, 0) is 42.7 Å². The minimum Gasteiger partial charge on any atom is -0.466 e. The second kappa shape index (κ2) is 8.86. The summed E-state index contributed by atoms with van der Waals surface area (Å²) < 4.78 is 20.2. The van der Waals surface area contributed by atoms with E-state index in [-0.39, 0.29) is 23.5 Å². The zero-order valence-corrected chi connectivity index (χ0v) is 17.4. The molecule has 0 fully saturated rings. The maximum atomic E-state index is 13.2. The molecular weight excluding hydrogens is 408 g/mol. The fourth-order valence-electron chi connectivity index (χ4n) is 3.42. The van der Waals surface area contributed by atoms with Gasteiger partial charge in [0.25, 0.3) is 0 Å². The number of nitrogens with zero attached hydrogens (tertiary/aromatic N) is 2. The number of nitrogens with one attached hydrogen (secondary N) is 1. The second-order valence-corrected chi connectivity index (χ2v) is 7.02. The zero-order chi connectivity index (χ0) is 22.7. The predicted octanol–water partition coefficient (Wildman–Crippen LogP) is 1.66. The van der Waals surface area contributed by atoms with Crippen molar-refractivity contribution in [3.63, 3.8) is 0 Å². The smallest absolute Gasteiger partial charge is 0.404 e. The van der Waals surface area contributed by atoms with Gasteiger partial charge in [-0.25, -0.2) is 19.0 Å². The molecule has 1 aliphatic heterocycles. The Kier molecular flexibility index (Phi) is 6.23. The van der Waals surface area contributed by atoms with Crippen molar-refractivity contribution in [3.05, 3.63) is 46.3 Å². The minimum absolute atomic E-state index is 0.0523. The molecule has 0 bridgehead atoms. The molecule has 1 amide bonds. The number of allylic oxidation sites excluding steroid dienone is 1. The lowest BCUT2D eigenvalue weighted by Crippen LogP contribution is -2.36. The molecule has 31 heavy (non-hydrogen) atoms. The summed E-state index contributed by atoms with van der Waals surface area (Å²) in [7, 11) is 1.24. The number of hydrogen-bond donors (Lipinski definition) is 2. The number of dihydropyridines is 1. The molecule has 11 heteroatoms. The number of carbonyl (C=O) groups is 3. The molecule has 11 nitrogen and oxygen atoms in total. The molecule has 3 N–H and O–H groups in total. The van der Waals surface area contributed by atoms with Crippen LogP contribution in [0.3, 0.4) is 0 Å². The largest absolute Gasteiger partial charge is 0.466 e. The van der Waals surface area contributed by atoms with Crippen LogP contribution in [0.25, 0.3) is 11.0 Å². The van der Waals surface area contributed by atoms with Gasteiger partial charge in [-0.3, -0.25) is 0 Å². The molecule has 1 aliphatic rings. The molecule has 164 valence electrons. The van der Waals surface area contributed by atoms with E-state index in [2.05, 4.69) is 15.6 Å². The number of hydrogen-bond acceptors (Lipinski definition) is 10. The first-order chi connectivity index (χ1) is 14.7. The summed E-state index contributed by atoms with van der Waals surface area (Å²) in [6, 6.07) is 5.06. The van der Waals surface area contributed by atoms with Crippen LogP contribution in [0.2, 0.25) is 0 Å². The fourth-order valence-corrected chi connectivity index (χ4v) is 3.42. The van der Waals surface area contributed by atoms with Gasteiger partial charge in [-0.15, -0.1) is 0 Å². The molecule has 1 atom stereocenters. The highest BCUT2D eigenvalue weighted by Crippen LogP contribution is 2.41. The van der Waals surface area contributed by atoms with Crippen LogP contribution in [0.4, 0.5) is 4.79 Å². The predicted molar refractivity (Wildman–Crippen MR) is 106 cm³/mol. The van der Waals surface area contributed by atoms with Gasteiger partial charge < -0.3 is 25.3 Å². The number of rotatable bonds is 6. The van der Waals surface area contributed by atoms with Crippen molar-refractivity contribution < 1.29 is 33.2 Å². The lowest BCUT2D eigenvalue weighted by Gasteiger charge is -2.31. The van der Waals surface area contributed by atoms with Gasteiger partial charge in [-0.1, -0.05) is 12.1 Å². The first-order valence-corrected chi connectivity index (χ1v) is 9.38. The molecule has 0 spiro atoms. The molecule has 2 aromatic rings. The van der Waals surface area contributed by atoms with Crippen LogP contribution in [-0.2, 0) is 23.8 Å². The van der Waals surface area contributed by atoms with Gasteiger partial charge in [0.1, 0.15) is 17.6 Å². The standard InChI is InChI=1S/C20H22N4O7/c1-9(2)30-19(26)16-13(8-29-20(21)27)22-10(3)14(18(25)28-4)15(16)11-6-5-7-12-17(11)24-31-23-12/h5-7,9,15,22H,8H2,1-4H3,(H2,21,27). The first kappa shape index (κ1) is 21.8. The third-order valence-electron chi connectivity index (χ3n) is 4.60. The van der Waals surface area contributed by atoms with E-state index in [0.717, 1.165) is 0 Å². The van der Waals surface area contributed by atoms with Gasteiger partial charge in [0.05, 0.1) is 36.0 Å². The van der Waals surface area contributed by atoms with Crippen LogP contribution < -0.4 is 11.1 Å². The summed E-state index contributed by atoms with van der Waals surface area (Å²) in [4.78, 5) is 37.1. The highest BCUT2D eigenvalue weighted by Gasteiger charge is 2.40. The van der Waals surface area contributed by atoms with Gasteiger partial charge in [0.2, 0.25) is 0 Å². The van der Waals surface area contributed by atoms with Crippen molar-refractivity contribution in [2.45, 2.75) is 32.8 Å². The van der Waals surface area contributed by atoms with Crippen molar-refractivity contribution in [2.75, 3.05) is 13.7 Å². The maximum absolute atomic E-state index is 13.2. The number of fused-ring (bicyclic) bond motifs is 1. The Morgan fingerprint density at radius 2 is 1.94 bits per heavy atom. The first-order valence-electron chi connectivity index (χ1n) is 9.38. The highest BCUT2D eigenvalue weighted by atomic mass is 16.6. The number of methoxy groups -OCH3 is 1. The van der Waals surface area contributed by atoms with Crippen LogP contribution in [0.5, 0.6) is 0 Å². The average molecular weight is 430 g/mol. The molecule has 1 unspecified atom stereocenters. The molecule has 2 heterocycles. The van der Waals surface area contributed by atoms with Gasteiger partial charge in [0, 0.05) is 5.70 Å². The van der Waals surface area contributed by atoms with Crippen LogP contribution in [0.1, 0.15) is 32.3 Å². The van der Waals surface area contributed by atoms with Crippen LogP contribution in [0.15, 0.2) is 45.4 Å². The highest BCUT2D eigenvalue weighted by molar-refractivity contribution is 6.01. The topological polar surface area (TPSA) is 156 Å². The molecule has 0 radical (unpaired) electrons. The van der Waals surface area contributed by atoms with E-state index in [1.807, 2.05) is 0 Å². The van der Waals surface area contributed by atoms with Gasteiger partial charge >= 0.3 is 18.0 Å². The molecule has 0 saturated heterocycles. The lowest BCUT2D eigenvalue weighted by atomic mass is 9.79. The Bertz CT molecular complexity index is 1100. The van der Waals surface area contributed by atoms with E-state index in [0.29, 0.717) is 22.3 Å². The fraction of sp³-hybridized carbons (Fsp3) is 0.350. The van der Waals surface area contributed by atoms with E-state index >= 15 is 0 Å². The Labute approximate surface area is 177 Å². The van der Waals surface area contributed by atoms with E-state index in [4.69, 9.17) is 24.6 Å². The number of primary amides is 1. The summed E-state index contributed by atoms with van der Waals surface area (Å²) in [6.45, 7) is 4.67. The summed E-state index contributed by atoms with van der Waals surface area (Å²) in [5, 5.41) is 10.7. The number of nitrogens with two attached hydrogens (primary N) is 1. The molecule has 0 saturated carbocycles. The van der Waals surface area contributed by atoms with E-state index < -0.39 is 30.1 Å². The van der Waals surface area contributed by atoms with Crippen LogP contribution in [0, 0.1) is 0 Å². The van der Waals surface area contributed by atoms with Gasteiger partial charge in [-0.2, -0.15) is 0 Å². The third-order valence-corrected chi connectivity index (χ3v) is 4.60. The number of ether oxygens (including phenoxy) is 3. The van der Waals surface area contributed by atoms with E-state index in [1.54, 1.807) is 39.0 Å². The van der Waals surface area contributed by atoms with E-state index in [9.17, 15) is 14.4 Å². The molecule has 3 rings (SSSR count). The van der Waals surface area contributed by atoms with Crippen molar-refractivity contribution in [2.24, 2.45) is 5.73 Å². The number of benzene rings is 1. The Balaban J connectivity index is 2.28. The average Bonchev–Trinajstić information content (AvgIpc) is 3.19. The Morgan fingerprint density at radius 3 is 2.58 bits per heavy atom. The summed E-state index contributed by atoms with van der Waals surface area (Å²) in [5.74, 6) is -2.33. The van der Waals surface area contributed by atoms with Crippen molar-refractivity contribution in [3.8, 4) is 0 Å². The van der Waals surface area contributed by atoms with Crippen LogP contribution >= 0.6 is 0 Å². The Hall–Kier alpha value is -3.89. The number of aromatic nitrogens is 2. The minimum atomic E-state index is -1.02. The van der Waals surface area contributed by atoms with Crippen molar-refractivity contribution in [1.29, 1.82) is 0 Å². The third kappa shape index (κ3) is 4.34. The quantitative estimate of drug-likeness (QED) is 0.510. The number of amides is 1. The van der Waals surface area contributed by atoms with Crippen molar-refractivity contribution in [1.82, 2.24) is 15.6 Å². The lowest BCUT2D eigenvalue weighted by molar-refractivity contribution is -0.143.